The van der Waals surface area contributed by atoms with Crippen molar-refractivity contribution in [3.63, 3.8) is 0 Å². The number of hydrogen-bond donors (Lipinski definition) is 0. The lowest BCUT2D eigenvalue weighted by atomic mass is 10.3. The number of rotatable bonds is 2. The van der Waals surface area contributed by atoms with E-state index in [1.807, 2.05) is 36.5 Å². The monoisotopic (exact) mass is 259 g/mol. The smallest absolute Gasteiger partial charge is 0.267 e. The fourth-order valence-corrected chi connectivity index (χ4v) is 2.06. The van der Waals surface area contributed by atoms with E-state index in [-0.39, 0.29) is 11.4 Å². The van der Waals surface area contributed by atoms with Crippen LogP contribution in [0.3, 0.4) is 0 Å². The molecule has 0 aliphatic carbocycles. The summed E-state index contributed by atoms with van der Waals surface area (Å²) in [5.74, 6) is 0.238. The third-order valence-electron chi connectivity index (χ3n) is 2.71. The van der Waals surface area contributed by atoms with E-state index in [1.165, 1.54) is 10.6 Å². The first-order chi connectivity index (χ1) is 8.79. The van der Waals surface area contributed by atoms with E-state index >= 15 is 0 Å². The van der Waals surface area contributed by atoms with Crippen LogP contribution in [0.1, 0.15) is 5.69 Å². The number of fused-ring (bicyclic) bond motifs is 1. The Bertz CT molecular complexity index is 746. The molecule has 0 fully saturated rings. The van der Waals surface area contributed by atoms with Crippen LogP contribution in [0.4, 0.5) is 0 Å². The Morgan fingerprint density at radius 3 is 2.67 bits per heavy atom. The first-order valence-electron chi connectivity index (χ1n) is 5.51. The van der Waals surface area contributed by atoms with Crippen LogP contribution in [0.15, 0.2) is 53.5 Å². The summed E-state index contributed by atoms with van der Waals surface area (Å²) in [5, 5.41) is 0. The Morgan fingerprint density at radius 2 is 1.94 bits per heavy atom. The maximum Gasteiger partial charge on any atom is 0.273 e. The summed E-state index contributed by atoms with van der Waals surface area (Å²) < 4.78 is 3.29. The van der Waals surface area contributed by atoms with Crippen LogP contribution in [-0.2, 0) is 5.88 Å². The fraction of sp³-hybridized carbons (Fsp3) is 0.0769. The molecule has 5 heteroatoms. The lowest BCUT2D eigenvalue weighted by Crippen LogP contribution is -2.20. The topological polar surface area (TPSA) is 39.3 Å². The standard InChI is InChI=1S/C13H10ClN3O/c14-9-10-8-13(18)17-12(15-10)6-7-16(17)11-4-2-1-3-5-11/h1-8H,9H2. The van der Waals surface area contributed by atoms with Gasteiger partial charge in [0.25, 0.3) is 5.56 Å². The summed E-state index contributed by atoms with van der Waals surface area (Å²) in [7, 11) is 0. The summed E-state index contributed by atoms with van der Waals surface area (Å²) in [5.41, 5.74) is 1.97. The zero-order valence-electron chi connectivity index (χ0n) is 9.45. The Morgan fingerprint density at radius 1 is 1.17 bits per heavy atom. The molecule has 1 aromatic carbocycles. The molecule has 2 heterocycles. The zero-order chi connectivity index (χ0) is 12.5. The molecular formula is C13H10ClN3O. The average molecular weight is 260 g/mol. The summed E-state index contributed by atoms with van der Waals surface area (Å²) in [6.07, 6.45) is 1.82. The van der Waals surface area contributed by atoms with Gasteiger partial charge >= 0.3 is 0 Å². The van der Waals surface area contributed by atoms with Gasteiger partial charge in [-0.3, -0.25) is 9.48 Å². The van der Waals surface area contributed by atoms with Crippen molar-refractivity contribution in [1.82, 2.24) is 14.2 Å². The highest BCUT2D eigenvalue weighted by Crippen LogP contribution is 2.09. The van der Waals surface area contributed by atoms with Gasteiger partial charge in [0.2, 0.25) is 0 Å². The Hall–Kier alpha value is -2.07. The van der Waals surface area contributed by atoms with Gasteiger partial charge in [-0.25, -0.2) is 4.98 Å². The number of nitrogens with zero attached hydrogens (tertiary/aromatic N) is 3. The first kappa shape index (κ1) is 11.0. The van der Waals surface area contributed by atoms with Crippen molar-refractivity contribution in [1.29, 1.82) is 0 Å². The van der Waals surface area contributed by atoms with E-state index in [4.69, 9.17) is 11.6 Å². The van der Waals surface area contributed by atoms with E-state index in [2.05, 4.69) is 4.98 Å². The van der Waals surface area contributed by atoms with Crippen LogP contribution >= 0.6 is 11.6 Å². The Balaban J connectivity index is 2.30. The van der Waals surface area contributed by atoms with Crippen LogP contribution in [-0.4, -0.2) is 14.2 Å². The van der Waals surface area contributed by atoms with Crippen LogP contribution < -0.4 is 5.56 Å². The molecule has 0 spiro atoms. The van der Waals surface area contributed by atoms with Gasteiger partial charge in [0, 0.05) is 18.3 Å². The minimum Gasteiger partial charge on any atom is -0.267 e. The van der Waals surface area contributed by atoms with Crippen molar-refractivity contribution in [2.75, 3.05) is 0 Å². The van der Waals surface area contributed by atoms with Crippen molar-refractivity contribution in [3.05, 3.63) is 64.7 Å². The minimum atomic E-state index is -0.135. The lowest BCUT2D eigenvalue weighted by Gasteiger charge is -2.06. The number of para-hydroxylation sites is 1. The predicted octanol–water partition coefficient (Wildman–Crippen LogP) is 2.22. The van der Waals surface area contributed by atoms with Crippen LogP contribution in [0, 0.1) is 0 Å². The van der Waals surface area contributed by atoms with Crippen molar-refractivity contribution in [2.45, 2.75) is 5.88 Å². The molecule has 0 amide bonds. The van der Waals surface area contributed by atoms with E-state index in [0.29, 0.717) is 11.3 Å². The van der Waals surface area contributed by atoms with Crippen molar-refractivity contribution >= 4 is 17.2 Å². The van der Waals surface area contributed by atoms with Gasteiger partial charge in [0.05, 0.1) is 17.3 Å². The molecule has 2 aromatic heterocycles. The highest BCUT2D eigenvalue weighted by molar-refractivity contribution is 6.16. The van der Waals surface area contributed by atoms with Gasteiger partial charge in [-0.1, -0.05) is 18.2 Å². The number of aromatic nitrogens is 3. The molecule has 0 saturated heterocycles. The first-order valence-corrected chi connectivity index (χ1v) is 6.05. The highest BCUT2D eigenvalue weighted by atomic mass is 35.5. The van der Waals surface area contributed by atoms with Gasteiger partial charge in [-0.2, -0.15) is 4.52 Å². The molecule has 0 radical (unpaired) electrons. The Labute approximate surface area is 108 Å². The molecule has 0 aliphatic rings. The summed E-state index contributed by atoms with van der Waals surface area (Å²) in [6, 6.07) is 12.9. The largest absolute Gasteiger partial charge is 0.273 e. The molecule has 0 N–H and O–H groups in total. The van der Waals surface area contributed by atoms with Crippen molar-refractivity contribution in [2.24, 2.45) is 0 Å². The Kier molecular flexibility index (Phi) is 2.64. The summed E-state index contributed by atoms with van der Waals surface area (Å²) >= 11 is 5.71. The predicted molar refractivity (Wildman–Crippen MR) is 70.3 cm³/mol. The molecule has 0 aliphatic heterocycles. The molecule has 18 heavy (non-hydrogen) atoms. The van der Waals surface area contributed by atoms with E-state index in [9.17, 15) is 4.79 Å². The third kappa shape index (κ3) is 1.71. The van der Waals surface area contributed by atoms with E-state index in [0.717, 1.165) is 5.69 Å². The molecule has 0 atom stereocenters. The number of alkyl halides is 1. The lowest BCUT2D eigenvalue weighted by molar-refractivity contribution is 0.760. The van der Waals surface area contributed by atoms with Crippen LogP contribution in [0.25, 0.3) is 11.3 Å². The SMILES string of the molecule is O=c1cc(CCl)nc2ccn(-c3ccccc3)n12. The summed E-state index contributed by atoms with van der Waals surface area (Å²) in [6.45, 7) is 0. The van der Waals surface area contributed by atoms with E-state index < -0.39 is 0 Å². The van der Waals surface area contributed by atoms with E-state index in [1.54, 1.807) is 10.7 Å². The minimum absolute atomic E-state index is 0.135. The average Bonchev–Trinajstić information content (AvgIpc) is 2.84. The molecule has 3 aromatic rings. The number of halogens is 1. The molecule has 3 rings (SSSR count). The van der Waals surface area contributed by atoms with Gasteiger partial charge in [0.15, 0.2) is 5.65 Å². The second-order valence-electron chi connectivity index (χ2n) is 3.89. The molecule has 0 unspecified atom stereocenters. The fourth-order valence-electron chi connectivity index (χ4n) is 1.92. The maximum atomic E-state index is 12.1. The summed E-state index contributed by atoms with van der Waals surface area (Å²) in [4.78, 5) is 16.4. The molecule has 0 bridgehead atoms. The molecule has 0 saturated carbocycles. The second-order valence-corrected chi connectivity index (χ2v) is 4.15. The van der Waals surface area contributed by atoms with Crippen molar-refractivity contribution in [3.8, 4) is 5.69 Å². The van der Waals surface area contributed by atoms with Gasteiger partial charge < -0.3 is 0 Å². The molecular weight excluding hydrogens is 250 g/mol. The maximum absolute atomic E-state index is 12.1. The van der Waals surface area contributed by atoms with Crippen molar-refractivity contribution < 1.29 is 0 Å². The number of benzene rings is 1. The molecule has 90 valence electrons. The quantitative estimate of drug-likeness (QED) is 0.662. The van der Waals surface area contributed by atoms with Crippen LogP contribution in [0.5, 0.6) is 0 Å². The second kappa shape index (κ2) is 4.31. The van der Waals surface area contributed by atoms with Gasteiger partial charge in [0.1, 0.15) is 0 Å². The normalized spacial score (nSPS) is 10.9. The highest BCUT2D eigenvalue weighted by Gasteiger charge is 2.07. The zero-order valence-corrected chi connectivity index (χ0v) is 10.2. The van der Waals surface area contributed by atoms with Crippen LogP contribution in [0.2, 0.25) is 0 Å². The third-order valence-corrected chi connectivity index (χ3v) is 2.99. The number of hydrogen-bond acceptors (Lipinski definition) is 2. The van der Waals surface area contributed by atoms with Gasteiger partial charge in [-0.05, 0) is 12.1 Å². The molecule has 4 nitrogen and oxygen atoms in total. The van der Waals surface area contributed by atoms with Gasteiger partial charge in [-0.15, -0.1) is 11.6 Å².